The lowest BCUT2D eigenvalue weighted by molar-refractivity contribution is -0.0298. The van der Waals surface area contributed by atoms with Crippen LogP contribution in [0.25, 0.3) is 0 Å². The molecule has 0 aromatic carbocycles. The third-order valence-electron chi connectivity index (χ3n) is 1.99. The number of hydrogen-bond acceptors (Lipinski definition) is 2. The van der Waals surface area contributed by atoms with E-state index in [1.807, 2.05) is 0 Å². The minimum atomic E-state index is -2.59. The van der Waals surface area contributed by atoms with Crippen molar-refractivity contribution in [2.45, 2.75) is 31.9 Å². The first-order valence-corrected chi connectivity index (χ1v) is 3.85. The molecule has 0 aromatic heterocycles. The molecule has 0 bridgehead atoms. The van der Waals surface area contributed by atoms with Crippen LogP contribution in [0.4, 0.5) is 8.78 Å². The molecule has 1 unspecified atom stereocenters. The van der Waals surface area contributed by atoms with Crippen LogP contribution in [0.5, 0.6) is 0 Å². The van der Waals surface area contributed by atoms with Gasteiger partial charge in [0, 0.05) is 13.0 Å². The van der Waals surface area contributed by atoms with E-state index in [0.717, 1.165) is 0 Å². The normalized spacial score (nSPS) is 27.3. The molecule has 1 aliphatic rings. The molecule has 1 atom stereocenters. The maximum Gasteiger partial charge on any atom is 0.261 e. The summed E-state index contributed by atoms with van der Waals surface area (Å²) in [4.78, 5) is 1.42. The minimum absolute atomic E-state index is 0.121. The van der Waals surface area contributed by atoms with E-state index in [1.165, 1.54) is 4.90 Å². The molecule has 2 nitrogen and oxygen atoms in total. The fourth-order valence-electron chi connectivity index (χ4n) is 1.28. The number of halogens is 2. The van der Waals surface area contributed by atoms with Gasteiger partial charge in [0.05, 0.1) is 6.54 Å². The molecule has 1 N–H and O–H groups in total. The average molecular weight is 165 g/mol. The van der Waals surface area contributed by atoms with E-state index < -0.39 is 12.2 Å². The Morgan fingerprint density at radius 3 is 2.64 bits per heavy atom. The minimum Gasteiger partial charge on any atom is -0.378 e. The first-order chi connectivity index (χ1) is 5.05. The Hall–Kier alpha value is -0.220. The topological polar surface area (TPSA) is 23.5 Å². The zero-order valence-corrected chi connectivity index (χ0v) is 6.56. The lowest BCUT2D eigenvalue weighted by atomic mass is 10.3. The molecule has 1 rings (SSSR count). The van der Waals surface area contributed by atoms with Crippen molar-refractivity contribution in [3.05, 3.63) is 0 Å². The SMILES string of the molecule is CCC(O)N1CCC(F)(F)C1. The van der Waals surface area contributed by atoms with Gasteiger partial charge in [-0.1, -0.05) is 6.92 Å². The Morgan fingerprint density at radius 1 is 1.64 bits per heavy atom. The third kappa shape index (κ3) is 2.10. The van der Waals surface area contributed by atoms with Crippen molar-refractivity contribution in [2.24, 2.45) is 0 Å². The lowest BCUT2D eigenvalue weighted by Gasteiger charge is -2.20. The van der Waals surface area contributed by atoms with Crippen LogP contribution in [0.15, 0.2) is 0 Å². The first kappa shape index (κ1) is 8.87. The molecular weight excluding hydrogens is 152 g/mol. The summed E-state index contributed by atoms with van der Waals surface area (Å²) in [7, 11) is 0. The second kappa shape index (κ2) is 3.03. The van der Waals surface area contributed by atoms with Crippen molar-refractivity contribution >= 4 is 0 Å². The van der Waals surface area contributed by atoms with Crippen LogP contribution in [-0.2, 0) is 0 Å². The number of hydrogen-bond donors (Lipinski definition) is 1. The van der Waals surface area contributed by atoms with Crippen molar-refractivity contribution < 1.29 is 13.9 Å². The molecule has 0 radical (unpaired) electrons. The van der Waals surface area contributed by atoms with Crippen LogP contribution in [-0.4, -0.2) is 35.2 Å². The number of alkyl halides is 2. The van der Waals surface area contributed by atoms with E-state index in [1.54, 1.807) is 6.92 Å². The zero-order chi connectivity index (χ0) is 8.48. The predicted molar refractivity (Wildman–Crippen MR) is 37.4 cm³/mol. The second-order valence-electron chi connectivity index (χ2n) is 2.97. The fourth-order valence-corrected chi connectivity index (χ4v) is 1.28. The summed E-state index contributed by atoms with van der Waals surface area (Å²) in [5.74, 6) is -2.59. The van der Waals surface area contributed by atoms with Crippen molar-refractivity contribution in [2.75, 3.05) is 13.1 Å². The first-order valence-electron chi connectivity index (χ1n) is 3.85. The molecule has 0 spiro atoms. The Kier molecular flexibility index (Phi) is 2.44. The standard InChI is InChI=1S/C7H13F2NO/c1-2-6(11)10-4-3-7(8,9)5-10/h6,11H,2-5H2,1H3. The van der Waals surface area contributed by atoms with Gasteiger partial charge in [0.15, 0.2) is 0 Å². The van der Waals surface area contributed by atoms with Gasteiger partial charge < -0.3 is 5.11 Å². The predicted octanol–water partition coefficient (Wildman–Crippen LogP) is 1.06. The van der Waals surface area contributed by atoms with Crippen LogP contribution >= 0.6 is 0 Å². The fraction of sp³-hybridized carbons (Fsp3) is 1.00. The van der Waals surface area contributed by atoms with Gasteiger partial charge in [-0.2, -0.15) is 0 Å². The second-order valence-corrected chi connectivity index (χ2v) is 2.97. The van der Waals surface area contributed by atoms with Crippen molar-refractivity contribution in [1.82, 2.24) is 4.90 Å². The number of aliphatic hydroxyl groups excluding tert-OH is 1. The molecule has 1 aliphatic heterocycles. The molecule has 66 valence electrons. The van der Waals surface area contributed by atoms with Gasteiger partial charge in [0.1, 0.15) is 6.23 Å². The Balaban J connectivity index is 2.41. The van der Waals surface area contributed by atoms with Crippen LogP contribution in [0.2, 0.25) is 0 Å². The quantitative estimate of drug-likeness (QED) is 0.661. The molecule has 1 heterocycles. The Labute approximate surface area is 64.8 Å². The largest absolute Gasteiger partial charge is 0.378 e. The van der Waals surface area contributed by atoms with Crippen molar-refractivity contribution in [1.29, 1.82) is 0 Å². The highest BCUT2D eigenvalue weighted by atomic mass is 19.3. The van der Waals surface area contributed by atoms with E-state index in [9.17, 15) is 13.9 Å². The summed E-state index contributed by atoms with van der Waals surface area (Å²) in [6.45, 7) is 1.80. The number of aliphatic hydroxyl groups is 1. The highest BCUT2D eigenvalue weighted by Gasteiger charge is 2.39. The van der Waals surface area contributed by atoms with E-state index in [4.69, 9.17) is 0 Å². The van der Waals surface area contributed by atoms with Gasteiger partial charge in [-0.05, 0) is 6.42 Å². The summed E-state index contributed by atoms with van der Waals surface area (Å²) in [5, 5.41) is 9.18. The summed E-state index contributed by atoms with van der Waals surface area (Å²) in [6.07, 6.45) is -0.302. The van der Waals surface area contributed by atoms with Crippen molar-refractivity contribution in [3.63, 3.8) is 0 Å². The summed E-state index contributed by atoms with van der Waals surface area (Å²) < 4.78 is 25.1. The maximum atomic E-state index is 12.5. The van der Waals surface area contributed by atoms with E-state index in [0.29, 0.717) is 13.0 Å². The van der Waals surface area contributed by atoms with Gasteiger partial charge in [-0.15, -0.1) is 0 Å². The van der Waals surface area contributed by atoms with E-state index >= 15 is 0 Å². The van der Waals surface area contributed by atoms with Gasteiger partial charge in [0.25, 0.3) is 5.92 Å². The van der Waals surface area contributed by atoms with Crippen LogP contribution in [0.3, 0.4) is 0 Å². The monoisotopic (exact) mass is 165 g/mol. The Morgan fingerprint density at radius 2 is 2.27 bits per heavy atom. The van der Waals surface area contributed by atoms with Crippen LogP contribution in [0, 0.1) is 0 Å². The molecule has 0 aliphatic carbocycles. The number of likely N-dealkylation sites (tertiary alicyclic amines) is 1. The third-order valence-corrected chi connectivity index (χ3v) is 1.99. The highest BCUT2D eigenvalue weighted by Crippen LogP contribution is 2.27. The molecule has 1 fully saturated rings. The molecule has 1 saturated heterocycles. The molecule has 0 saturated carbocycles. The summed E-state index contributed by atoms with van der Waals surface area (Å²) >= 11 is 0. The summed E-state index contributed by atoms with van der Waals surface area (Å²) in [5.41, 5.74) is 0. The Bertz CT molecular complexity index is 140. The highest BCUT2D eigenvalue weighted by molar-refractivity contribution is 4.82. The number of rotatable bonds is 2. The maximum absolute atomic E-state index is 12.5. The molecule has 11 heavy (non-hydrogen) atoms. The average Bonchev–Trinajstić information content (AvgIpc) is 2.29. The number of nitrogens with zero attached hydrogens (tertiary/aromatic N) is 1. The summed E-state index contributed by atoms with van der Waals surface area (Å²) in [6, 6.07) is 0. The lowest BCUT2D eigenvalue weighted by Crippen LogP contribution is -2.34. The van der Waals surface area contributed by atoms with E-state index in [-0.39, 0.29) is 13.0 Å². The van der Waals surface area contributed by atoms with E-state index in [2.05, 4.69) is 0 Å². The zero-order valence-electron chi connectivity index (χ0n) is 6.56. The van der Waals surface area contributed by atoms with Crippen LogP contribution < -0.4 is 0 Å². The molecule has 0 aromatic rings. The van der Waals surface area contributed by atoms with Gasteiger partial charge in [-0.25, -0.2) is 8.78 Å². The molecular formula is C7H13F2NO. The van der Waals surface area contributed by atoms with Gasteiger partial charge >= 0.3 is 0 Å². The van der Waals surface area contributed by atoms with Gasteiger partial charge in [-0.3, -0.25) is 4.90 Å². The van der Waals surface area contributed by atoms with Crippen LogP contribution in [0.1, 0.15) is 19.8 Å². The molecule has 0 amide bonds. The van der Waals surface area contributed by atoms with Gasteiger partial charge in [0.2, 0.25) is 0 Å². The molecule has 4 heteroatoms. The van der Waals surface area contributed by atoms with Crippen molar-refractivity contribution in [3.8, 4) is 0 Å². The smallest absolute Gasteiger partial charge is 0.261 e.